The smallest absolute Gasteiger partial charge is 0.422 e. The number of ether oxygens (including phenoxy) is 1. The van der Waals surface area contributed by atoms with E-state index in [-0.39, 0.29) is 12.4 Å². The first-order valence-corrected chi connectivity index (χ1v) is 18.6. The second kappa shape index (κ2) is 12.7. The Balaban J connectivity index is 1.18. The number of rotatable bonds is 4. The molecule has 0 radical (unpaired) electrons. The molecule has 0 atom stereocenters. The van der Waals surface area contributed by atoms with Gasteiger partial charge < -0.3 is 23.5 Å². The van der Waals surface area contributed by atoms with Gasteiger partial charge in [-0.1, -0.05) is 124 Å². The number of benzene rings is 6. The van der Waals surface area contributed by atoms with E-state index >= 15 is 0 Å². The quantitative estimate of drug-likeness (QED) is 0.103. The molecule has 2 aliphatic heterocycles. The second-order valence-corrected chi connectivity index (χ2v) is 15.2. The van der Waals surface area contributed by atoms with Crippen LogP contribution in [0.4, 0.5) is 22.9 Å². The minimum Gasteiger partial charge on any atom is -0.457 e. The molecule has 0 N–H and O–H groups in total. The third kappa shape index (κ3) is 5.27. The fraction of sp³-hybridized carbons (Fsp3) is 0.104. The number of para-hydroxylation sites is 3. The number of anilines is 4. The minimum atomic E-state index is -2.42. The van der Waals surface area contributed by atoms with Crippen LogP contribution in [-0.4, -0.2) is 16.5 Å². The van der Waals surface area contributed by atoms with Gasteiger partial charge in [0.05, 0.1) is 44.7 Å². The largest absolute Gasteiger partial charge is 0.457 e. The van der Waals surface area contributed by atoms with Gasteiger partial charge in [0.2, 0.25) is 6.33 Å². The van der Waals surface area contributed by atoms with E-state index in [2.05, 4.69) is 128 Å². The fourth-order valence-corrected chi connectivity index (χ4v) is 8.19. The molecule has 2 aromatic heterocycles. The summed E-state index contributed by atoms with van der Waals surface area (Å²) in [4.78, 5) is 9.65. The summed E-state index contributed by atoms with van der Waals surface area (Å²) in [7, 11) is 0. The molecule has 2 aliphatic rings. The number of aromatic nitrogens is 3. The zero-order valence-electron chi connectivity index (χ0n) is 34.1. The Labute approximate surface area is 331 Å². The van der Waals surface area contributed by atoms with Gasteiger partial charge in [-0.05, 0) is 69.5 Å². The maximum absolute atomic E-state index is 10.8. The molecule has 0 spiro atoms. The predicted molar refractivity (Wildman–Crippen MR) is 224 cm³/mol. The summed E-state index contributed by atoms with van der Waals surface area (Å²) < 4.78 is 34.0. The second-order valence-electron chi connectivity index (χ2n) is 15.2. The van der Waals surface area contributed by atoms with Crippen LogP contribution in [0.1, 0.15) is 36.0 Å². The lowest BCUT2D eigenvalue weighted by molar-refractivity contribution is -0.649. The lowest BCUT2D eigenvalue weighted by atomic mass is 9.61. The number of hydrogen-bond acceptors (Lipinski definition) is 5. The van der Waals surface area contributed by atoms with Gasteiger partial charge in [-0.15, -0.1) is 0 Å². The number of nitriles is 1. The van der Waals surface area contributed by atoms with E-state index in [9.17, 15) is 5.26 Å². The first-order chi connectivity index (χ1) is 28.5. The van der Waals surface area contributed by atoms with Gasteiger partial charge in [0.25, 0.3) is 0 Å². The van der Waals surface area contributed by atoms with Gasteiger partial charge in [0, 0.05) is 23.5 Å². The van der Waals surface area contributed by atoms with Crippen LogP contribution in [0, 0.1) is 17.7 Å². The van der Waals surface area contributed by atoms with E-state index in [1.54, 1.807) is 10.6 Å². The molecule has 0 amide bonds. The van der Waals surface area contributed by atoms with Gasteiger partial charge in [0.15, 0.2) is 0 Å². The third-order valence-electron chi connectivity index (χ3n) is 10.8. The van der Waals surface area contributed by atoms with Gasteiger partial charge in [-0.2, -0.15) is 5.26 Å². The maximum atomic E-state index is 10.8. The average Bonchev–Trinajstić information content (AvgIpc) is 3.79. The van der Waals surface area contributed by atoms with E-state index in [1.807, 2.05) is 60.8 Å². The van der Waals surface area contributed by atoms with Crippen molar-refractivity contribution in [2.24, 2.45) is 6.98 Å². The molecule has 0 aliphatic carbocycles. The number of aryl methyl sites for hydroxylation is 1. The summed E-state index contributed by atoms with van der Waals surface area (Å²) in [5.41, 5.74) is 11.5. The number of pyridine rings is 1. The molecule has 8 heteroatoms. The standard InChI is InChI=1S/C48H37BN6O/c1-48(2,3)33-24-25-51-47(27-33)55-45-29-46(56-35-15-13-14-34(28-35)53-31-52(4)42-22-11-12-23-43(42)53)32(30-50)26-44(45)54-41-21-10-8-19-39(41)37-17-6-5-16-36(37)38-18-7-9-20-40(38)49(54)55/h5-29H,1-4H3/i4D3. The molecule has 10 rings (SSSR count). The van der Waals surface area contributed by atoms with Crippen LogP contribution < -0.4 is 24.4 Å². The molecule has 56 heavy (non-hydrogen) atoms. The SMILES string of the molecule is [2H]C([2H])([2H])[n+]1[c-]n(-c2cccc(Oc3cc4c(cc3C#N)N3B(c5ccccc5-c5ccccc5-c5ccccc53)N4c3cc(C(C)(C)C)ccn3)c2)c2ccccc21. The summed E-state index contributed by atoms with van der Waals surface area (Å²) in [6.07, 6.45) is 4.91. The van der Waals surface area contributed by atoms with Crippen LogP contribution in [0.3, 0.4) is 0 Å². The van der Waals surface area contributed by atoms with Crippen LogP contribution in [0.5, 0.6) is 11.5 Å². The first-order valence-electron chi connectivity index (χ1n) is 20.1. The predicted octanol–water partition coefficient (Wildman–Crippen LogP) is 9.94. The van der Waals surface area contributed by atoms with E-state index in [0.717, 1.165) is 56.2 Å². The third-order valence-corrected chi connectivity index (χ3v) is 10.8. The topological polar surface area (TPSA) is 61.2 Å². The molecule has 0 saturated heterocycles. The van der Waals surface area contributed by atoms with Crippen molar-refractivity contribution >= 4 is 46.4 Å². The van der Waals surface area contributed by atoms with Crippen molar-refractivity contribution in [3.63, 3.8) is 0 Å². The van der Waals surface area contributed by atoms with Gasteiger partial charge in [-0.25, -0.2) is 4.98 Å². The molecule has 268 valence electrons. The molecule has 0 bridgehead atoms. The van der Waals surface area contributed by atoms with Gasteiger partial charge in [-0.3, -0.25) is 0 Å². The Morgan fingerprint density at radius 3 is 2.25 bits per heavy atom. The molecule has 6 aromatic carbocycles. The molecule has 0 saturated carbocycles. The number of fused-ring (bicyclic) bond motifs is 11. The van der Waals surface area contributed by atoms with Gasteiger partial charge in [0.1, 0.15) is 23.4 Å². The summed E-state index contributed by atoms with van der Waals surface area (Å²) in [5.74, 6) is 1.61. The molecule has 8 aromatic rings. The molecular weight excluding hydrogens is 687 g/mol. The lowest BCUT2D eigenvalue weighted by Gasteiger charge is -2.34. The van der Waals surface area contributed by atoms with Crippen molar-refractivity contribution in [3.05, 3.63) is 169 Å². The Morgan fingerprint density at radius 2 is 1.45 bits per heavy atom. The van der Waals surface area contributed by atoms with Crippen LogP contribution >= 0.6 is 0 Å². The van der Waals surface area contributed by atoms with E-state index in [0.29, 0.717) is 33.8 Å². The Hall–Kier alpha value is -7.11. The highest BCUT2D eigenvalue weighted by Crippen LogP contribution is 2.53. The minimum absolute atomic E-state index is 0.139. The van der Waals surface area contributed by atoms with E-state index in [4.69, 9.17) is 13.8 Å². The highest BCUT2D eigenvalue weighted by molar-refractivity contribution is 6.85. The van der Waals surface area contributed by atoms with Crippen LogP contribution in [0.15, 0.2) is 152 Å². The highest BCUT2D eigenvalue weighted by atomic mass is 16.5. The average molecular weight is 728 g/mol. The molecule has 4 heterocycles. The molecular formula is C48H37BN6O. The summed E-state index contributed by atoms with van der Waals surface area (Å²) in [5, 5.41) is 10.8. The number of imidazole rings is 1. The summed E-state index contributed by atoms with van der Waals surface area (Å²) >= 11 is 0. The van der Waals surface area contributed by atoms with Crippen molar-refractivity contribution in [3.8, 4) is 45.5 Å². The van der Waals surface area contributed by atoms with Crippen LogP contribution in [0.25, 0.3) is 39.0 Å². The van der Waals surface area contributed by atoms with E-state index in [1.165, 1.54) is 4.57 Å². The lowest BCUT2D eigenvalue weighted by Crippen LogP contribution is -2.54. The zero-order chi connectivity index (χ0) is 40.6. The van der Waals surface area contributed by atoms with Crippen LogP contribution in [0.2, 0.25) is 0 Å². The van der Waals surface area contributed by atoms with Crippen molar-refractivity contribution < 1.29 is 13.4 Å². The zero-order valence-corrected chi connectivity index (χ0v) is 31.1. The Bertz CT molecular complexity index is 3020. The van der Waals surface area contributed by atoms with Crippen LogP contribution in [-0.2, 0) is 12.4 Å². The first kappa shape index (κ1) is 30.2. The number of hydrogen-bond donors (Lipinski definition) is 0. The van der Waals surface area contributed by atoms with Crippen molar-refractivity contribution in [2.75, 3.05) is 9.62 Å². The molecule has 0 fully saturated rings. The normalized spacial score (nSPS) is 13.9. The van der Waals surface area contributed by atoms with Crippen molar-refractivity contribution in [2.45, 2.75) is 26.2 Å². The highest BCUT2D eigenvalue weighted by Gasteiger charge is 2.47. The molecule has 0 unspecified atom stereocenters. The van der Waals surface area contributed by atoms with Crippen molar-refractivity contribution in [1.29, 1.82) is 5.26 Å². The fourth-order valence-electron chi connectivity index (χ4n) is 8.19. The number of nitrogens with zero attached hydrogens (tertiary/aromatic N) is 6. The summed E-state index contributed by atoms with van der Waals surface area (Å²) in [6, 6.07) is 50.8. The molecule has 7 nitrogen and oxygen atoms in total. The Kier molecular flexibility index (Phi) is 6.89. The monoisotopic (exact) mass is 727 g/mol. The van der Waals surface area contributed by atoms with Gasteiger partial charge >= 0.3 is 6.98 Å². The van der Waals surface area contributed by atoms with E-state index < -0.39 is 6.98 Å². The Morgan fingerprint density at radius 1 is 0.732 bits per heavy atom. The van der Waals surface area contributed by atoms with Crippen molar-refractivity contribution in [1.82, 2.24) is 9.55 Å². The maximum Gasteiger partial charge on any atom is 0.422 e. The summed E-state index contributed by atoms with van der Waals surface area (Å²) in [6.45, 7) is 3.79.